The monoisotopic (exact) mass is 877 g/mol. The van der Waals surface area contributed by atoms with Crippen molar-refractivity contribution in [2.75, 3.05) is 29.0 Å². The van der Waals surface area contributed by atoms with Crippen LogP contribution >= 0.6 is 23.2 Å². The summed E-state index contributed by atoms with van der Waals surface area (Å²) in [5.74, 6) is -3.73. The Bertz CT molecular complexity index is 2600. The van der Waals surface area contributed by atoms with Crippen molar-refractivity contribution in [2.24, 2.45) is 0 Å². The van der Waals surface area contributed by atoms with Gasteiger partial charge in [0.2, 0.25) is 23.6 Å². The second-order valence-electron chi connectivity index (χ2n) is 17.2. The number of likely N-dealkylation sites (tertiary alicyclic amines) is 1. The van der Waals surface area contributed by atoms with Gasteiger partial charge in [-0.2, -0.15) is 0 Å². The molecule has 2 spiro atoms. The third-order valence-electron chi connectivity index (χ3n) is 13.8. The Labute approximate surface area is 366 Å². The fraction of sp³-hybridized carbons (Fsp3) is 0.348. The summed E-state index contributed by atoms with van der Waals surface area (Å²) in [5, 5.41) is 15.8. The third kappa shape index (κ3) is 6.28. The standard InChI is InChI=1S/C46H42Cl2FN7O6/c47-25-12-15-31-34(20-25)52-44(62)46(31)37(29-7-4-8-32(48)38(29)49)39(54-45(46)18-2-1-3-19-45)41(59)51-26-13-10-24(11-14-26)42(60)55-21-27(22-55)50-33-9-5-6-28-30(33)23-56(43(28)61)35-16-17-36(57)53-40(35)58/h4-15,20,27,35,37,39,50,54H,1-3,16-19,21-23H2,(H,51,59)(H,52,62)(H,53,57,58)/t35?,37-,39+,46+/m0/s1. The van der Waals surface area contributed by atoms with Gasteiger partial charge in [0.25, 0.3) is 11.8 Å². The van der Waals surface area contributed by atoms with Gasteiger partial charge in [-0.3, -0.25) is 39.4 Å². The fourth-order valence-corrected chi connectivity index (χ4v) is 11.3. The van der Waals surface area contributed by atoms with Gasteiger partial charge in [-0.05, 0) is 85.0 Å². The van der Waals surface area contributed by atoms with Gasteiger partial charge in [0.1, 0.15) is 17.3 Å². The van der Waals surface area contributed by atoms with E-state index in [1.807, 2.05) is 12.1 Å². The Balaban J connectivity index is 0.847. The quantitative estimate of drug-likeness (QED) is 0.139. The number of anilines is 3. The van der Waals surface area contributed by atoms with Crippen molar-refractivity contribution in [3.05, 3.63) is 123 Å². The number of nitrogens with one attached hydrogen (secondary N) is 5. The highest BCUT2D eigenvalue weighted by Gasteiger charge is 2.72. The highest BCUT2D eigenvalue weighted by molar-refractivity contribution is 6.31. The second kappa shape index (κ2) is 15.2. The van der Waals surface area contributed by atoms with Gasteiger partial charge in [0, 0.05) is 76.3 Å². The number of benzene rings is 4. The first-order valence-corrected chi connectivity index (χ1v) is 21.7. The van der Waals surface area contributed by atoms with Crippen LogP contribution in [-0.2, 0) is 31.1 Å². The molecule has 62 heavy (non-hydrogen) atoms. The minimum atomic E-state index is -1.37. The smallest absolute Gasteiger partial charge is 0.255 e. The van der Waals surface area contributed by atoms with E-state index in [0.29, 0.717) is 59.0 Å². The van der Waals surface area contributed by atoms with Gasteiger partial charge >= 0.3 is 0 Å². The van der Waals surface area contributed by atoms with Crippen molar-refractivity contribution in [3.63, 3.8) is 0 Å². The zero-order valence-corrected chi connectivity index (χ0v) is 34.9. The molecule has 1 aliphatic carbocycles. The molecule has 1 unspecified atom stereocenters. The van der Waals surface area contributed by atoms with Crippen molar-refractivity contribution in [3.8, 4) is 0 Å². The first-order chi connectivity index (χ1) is 29.9. The molecule has 6 amide bonds. The van der Waals surface area contributed by atoms with Crippen LogP contribution in [0.4, 0.5) is 21.5 Å². The summed E-state index contributed by atoms with van der Waals surface area (Å²) in [6.45, 7) is 1.05. The number of nitrogens with zero attached hydrogens (tertiary/aromatic N) is 2. The average molecular weight is 879 g/mol. The van der Waals surface area contributed by atoms with Crippen LogP contribution in [0.25, 0.3) is 0 Å². The van der Waals surface area contributed by atoms with Crippen molar-refractivity contribution in [2.45, 2.75) is 86.5 Å². The number of amides is 6. The van der Waals surface area contributed by atoms with Crippen LogP contribution in [-0.4, -0.2) is 82.0 Å². The number of hydrogen-bond acceptors (Lipinski definition) is 8. The molecule has 5 heterocycles. The van der Waals surface area contributed by atoms with E-state index in [2.05, 4.69) is 26.6 Å². The topological polar surface area (TPSA) is 169 Å². The van der Waals surface area contributed by atoms with Crippen molar-refractivity contribution in [1.29, 1.82) is 0 Å². The molecule has 13 nitrogen and oxygen atoms in total. The van der Waals surface area contributed by atoms with Gasteiger partial charge < -0.3 is 25.8 Å². The summed E-state index contributed by atoms with van der Waals surface area (Å²) < 4.78 is 16.3. The van der Waals surface area contributed by atoms with Crippen LogP contribution < -0.4 is 26.6 Å². The zero-order valence-electron chi connectivity index (χ0n) is 33.4. The number of carbonyl (C=O) groups is 6. The largest absolute Gasteiger partial charge is 0.378 e. The normalized spacial score (nSPS) is 25.0. The molecular formula is C46H42Cl2FN7O6. The fourth-order valence-electron chi connectivity index (χ4n) is 11.0. The van der Waals surface area contributed by atoms with Crippen LogP contribution in [0.5, 0.6) is 0 Å². The Morgan fingerprint density at radius 2 is 1.63 bits per heavy atom. The lowest BCUT2D eigenvalue weighted by Crippen LogP contribution is -2.60. The van der Waals surface area contributed by atoms with Crippen LogP contribution in [0.15, 0.2) is 78.9 Å². The first kappa shape index (κ1) is 40.3. The van der Waals surface area contributed by atoms with Crippen LogP contribution in [0, 0.1) is 5.82 Å². The molecule has 16 heteroatoms. The molecule has 4 atom stereocenters. The maximum atomic E-state index is 16.3. The van der Waals surface area contributed by atoms with Crippen LogP contribution in [0.2, 0.25) is 10.0 Å². The van der Waals surface area contributed by atoms with E-state index < -0.39 is 46.6 Å². The van der Waals surface area contributed by atoms with Gasteiger partial charge in [-0.1, -0.05) is 66.7 Å². The summed E-state index contributed by atoms with van der Waals surface area (Å²) >= 11 is 12.8. The molecule has 6 aliphatic rings. The number of imide groups is 1. The molecule has 3 saturated heterocycles. The van der Waals surface area contributed by atoms with Crippen molar-refractivity contribution >= 4 is 75.7 Å². The van der Waals surface area contributed by atoms with E-state index in [4.69, 9.17) is 23.2 Å². The Morgan fingerprint density at radius 3 is 2.39 bits per heavy atom. The summed E-state index contributed by atoms with van der Waals surface area (Å²) in [6.07, 6.45) is 4.21. The predicted molar refractivity (Wildman–Crippen MR) is 230 cm³/mol. The van der Waals surface area contributed by atoms with Gasteiger partial charge in [0.15, 0.2) is 0 Å². The lowest BCUT2D eigenvalue weighted by Gasteiger charge is -2.47. The van der Waals surface area contributed by atoms with Crippen LogP contribution in [0.1, 0.15) is 88.3 Å². The van der Waals surface area contributed by atoms with Gasteiger partial charge in [0.05, 0.1) is 17.1 Å². The molecule has 5 N–H and O–H groups in total. The molecule has 4 fully saturated rings. The number of rotatable bonds is 7. The number of halogens is 3. The SMILES string of the molecule is O=C1CCC(N2Cc3c(NC4CN(C(=O)c5ccc(NC(=O)[C@@H]6NC7(CCCCC7)[C@@]7(C(=O)Nc8cc(Cl)ccc87)[C@H]6c6cccc(Cl)c6F)cc5)C4)cccc3C2=O)C(=O)N1. The molecule has 10 rings (SSSR count). The lowest BCUT2D eigenvalue weighted by atomic mass is 9.55. The number of fused-ring (bicyclic) bond motifs is 4. The van der Waals surface area contributed by atoms with E-state index in [1.165, 1.54) is 11.0 Å². The molecule has 0 aromatic heterocycles. The molecule has 0 bridgehead atoms. The summed E-state index contributed by atoms with van der Waals surface area (Å²) in [4.78, 5) is 83.5. The van der Waals surface area contributed by atoms with Gasteiger partial charge in [-0.25, -0.2) is 4.39 Å². The maximum absolute atomic E-state index is 16.3. The van der Waals surface area contributed by atoms with Gasteiger partial charge in [-0.15, -0.1) is 0 Å². The Morgan fingerprint density at radius 1 is 0.871 bits per heavy atom. The zero-order chi connectivity index (χ0) is 43.1. The molecule has 5 aliphatic heterocycles. The highest BCUT2D eigenvalue weighted by atomic mass is 35.5. The van der Waals surface area contributed by atoms with E-state index in [-0.39, 0.29) is 59.6 Å². The van der Waals surface area contributed by atoms with E-state index in [9.17, 15) is 28.8 Å². The van der Waals surface area contributed by atoms with Crippen molar-refractivity contribution in [1.82, 2.24) is 20.4 Å². The molecule has 1 saturated carbocycles. The molecule has 318 valence electrons. The summed E-state index contributed by atoms with van der Waals surface area (Å²) in [7, 11) is 0. The molecule has 0 radical (unpaired) electrons. The summed E-state index contributed by atoms with van der Waals surface area (Å²) in [5.41, 5.74) is 1.97. The number of hydrogen-bond donors (Lipinski definition) is 5. The molecule has 4 aromatic carbocycles. The highest BCUT2D eigenvalue weighted by Crippen LogP contribution is 2.63. The van der Waals surface area contributed by atoms with Crippen molar-refractivity contribution < 1.29 is 33.2 Å². The van der Waals surface area contributed by atoms with Crippen LogP contribution in [0.3, 0.4) is 0 Å². The second-order valence-corrected chi connectivity index (χ2v) is 18.0. The summed E-state index contributed by atoms with van der Waals surface area (Å²) in [6, 6.07) is 20.0. The average Bonchev–Trinajstić information content (AvgIpc) is 3.84. The predicted octanol–water partition coefficient (Wildman–Crippen LogP) is 6.12. The number of piperidine rings is 1. The molecule has 4 aromatic rings. The van der Waals surface area contributed by atoms with E-state index >= 15 is 4.39 Å². The van der Waals surface area contributed by atoms with E-state index in [0.717, 1.165) is 30.5 Å². The maximum Gasteiger partial charge on any atom is 0.255 e. The Hall–Kier alpha value is -5.83. The third-order valence-corrected chi connectivity index (χ3v) is 14.3. The minimum Gasteiger partial charge on any atom is -0.378 e. The Kier molecular flexibility index (Phi) is 9.87. The van der Waals surface area contributed by atoms with E-state index in [1.54, 1.807) is 65.6 Å². The molecular weight excluding hydrogens is 836 g/mol. The minimum absolute atomic E-state index is 0.0818. The number of carbonyl (C=O) groups excluding carboxylic acids is 6. The first-order valence-electron chi connectivity index (χ1n) is 20.9. The lowest BCUT2D eigenvalue weighted by molar-refractivity contribution is -0.137.